The standard InChI is InChI=1S/C36H40/c1-22(2)30-21-31-28-17-16-26(35(4,5)6)19-25(28)20-32(31)33(34(30)36(7,8)9)29-15-11-14-27(29)24-13-10-12-23(3)18-24/h10-14,16-21H,15H2,1-9H3. The van der Waals surface area contributed by atoms with E-state index in [0.29, 0.717) is 0 Å². The van der Waals surface area contributed by atoms with E-state index < -0.39 is 0 Å². The van der Waals surface area contributed by atoms with Crippen molar-refractivity contribution in [3.05, 3.63) is 105 Å². The molecule has 0 heterocycles. The van der Waals surface area contributed by atoms with Gasteiger partial charge < -0.3 is 0 Å². The summed E-state index contributed by atoms with van der Waals surface area (Å²) >= 11 is 0. The third-order valence-electron chi connectivity index (χ3n) is 7.73. The van der Waals surface area contributed by atoms with E-state index >= 15 is 0 Å². The average Bonchev–Trinajstić information content (AvgIpc) is 3.41. The first-order chi connectivity index (χ1) is 16.9. The third kappa shape index (κ3) is 4.11. The minimum atomic E-state index is 0.0173. The Kier molecular flexibility index (Phi) is 5.79. The molecule has 0 aromatic heterocycles. The lowest BCUT2D eigenvalue weighted by Gasteiger charge is -2.27. The second-order valence-electron chi connectivity index (χ2n) is 12.9. The molecule has 0 aliphatic heterocycles. The van der Waals surface area contributed by atoms with Crippen LogP contribution >= 0.6 is 0 Å². The van der Waals surface area contributed by atoms with E-state index in [1.807, 2.05) is 0 Å². The normalized spacial score (nSPS) is 14.7. The summed E-state index contributed by atoms with van der Waals surface area (Å²) in [7, 11) is 0. The molecule has 0 radical (unpaired) electrons. The zero-order valence-electron chi connectivity index (χ0n) is 23.6. The number of benzene rings is 3. The molecule has 0 fully saturated rings. The van der Waals surface area contributed by atoms with Crippen molar-refractivity contribution in [3.8, 4) is 11.1 Å². The van der Waals surface area contributed by atoms with Crippen LogP contribution in [0, 0.1) is 6.92 Å². The highest BCUT2D eigenvalue weighted by molar-refractivity contribution is 6.01. The summed E-state index contributed by atoms with van der Waals surface area (Å²) in [4.78, 5) is 0. The van der Waals surface area contributed by atoms with Crippen LogP contribution in [-0.4, -0.2) is 0 Å². The van der Waals surface area contributed by atoms with E-state index in [4.69, 9.17) is 0 Å². The Labute approximate surface area is 217 Å². The number of hydrogen-bond donors (Lipinski definition) is 0. The largest absolute Gasteiger partial charge is 0.0795 e. The zero-order chi connectivity index (χ0) is 26.0. The van der Waals surface area contributed by atoms with Crippen molar-refractivity contribution in [2.45, 2.75) is 79.6 Å². The fraction of sp³-hybridized carbons (Fsp3) is 0.333. The van der Waals surface area contributed by atoms with Crippen LogP contribution in [0.25, 0.3) is 33.9 Å². The molecular formula is C36H40. The van der Waals surface area contributed by atoms with Gasteiger partial charge in [0.05, 0.1) is 0 Å². The first-order valence-corrected chi connectivity index (χ1v) is 13.3. The molecule has 2 aliphatic carbocycles. The molecule has 0 spiro atoms. The first kappa shape index (κ1) is 24.6. The molecule has 0 atom stereocenters. The second-order valence-corrected chi connectivity index (χ2v) is 12.9. The van der Waals surface area contributed by atoms with Gasteiger partial charge in [0.25, 0.3) is 0 Å². The van der Waals surface area contributed by atoms with Gasteiger partial charge in [-0.1, -0.05) is 107 Å². The molecule has 0 N–H and O–H groups in total. The molecule has 2 aliphatic rings. The predicted molar refractivity (Wildman–Crippen MR) is 159 cm³/mol. The smallest absolute Gasteiger partial charge is 0.00817 e. The lowest BCUT2D eigenvalue weighted by Crippen LogP contribution is -2.31. The van der Waals surface area contributed by atoms with Crippen LogP contribution in [0.1, 0.15) is 95.2 Å². The molecular weight excluding hydrogens is 432 g/mol. The van der Waals surface area contributed by atoms with Crippen molar-refractivity contribution in [1.82, 2.24) is 0 Å². The van der Waals surface area contributed by atoms with Gasteiger partial charge in [-0.05, 0) is 111 Å². The SMILES string of the molecule is CC(C)=c1cc2c(c(C3=C(c4cccc(C)c4)C=CC3)c1C(C)(C)C)=Cc1cc(C(C)(C)C)ccc1-2. The monoisotopic (exact) mass is 472 g/mol. The number of hydrogen-bond acceptors (Lipinski definition) is 0. The van der Waals surface area contributed by atoms with Crippen molar-refractivity contribution in [3.63, 3.8) is 0 Å². The molecule has 0 unspecified atom stereocenters. The van der Waals surface area contributed by atoms with Crippen LogP contribution in [0.3, 0.4) is 0 Å². The zero-order valence-corrected chi connectivity index (χ0v) is 23.6. The second kappa shape index (κ2) is 8.48. The van der Waals surface area contributed by atoms with E-state index in [0.717, 1.165) is 6.42 Å². The van der Waals surface area contributed by atoms with E-state index in [2.05, 4.69) is 129 Å². The predicted octanol–water partition coefficient (Wildman–Crippen LogP) is 8.46. The van der Waals surface area contributed by atoms with Gasteiger partial charge in [0.15, 0.2) is 0 Å². The van der Waals surface area contributed by atoms with Crippen LogP contribution < -0.4 is 10.4 Å². The van der Waals surface area contributed by atoms with E-state index in [1.165, 1.54) is 71.7 Å². The van der Waals surface area contributed by atoms with Crippen molar-refractivity contribution in [1.29, 1.82) is 0 Å². The van der Waals surface area contributed by atoms with Crippen LogP contribution in [0.5, 0.6) is 0 Å². The summed E-state index contributed by atoms with van der Waals surface area (Å²) in [5, 5.41) is 2.80. The molecule has 184 valence electrons. The van der Waals surface area contributed by atoms with Gasteiger partial charge in [0.2, 0.25) is 0 Å². The lowest BCUT2D eigenvalue weighted by molar-refractivity contribution is 0.583. The molecule has 0 saturated carbocycles. The minimum absolute atomic E-state index is 0.0173. The molecule has 3 aromatic rings. The summed E-state index contributed by atoms with van der Waals surface area (Å²) < 4.78 is 0. The Balaban J connectivity index is 1.92. The number of rotatable bonds is 2. The van der Waals surface area contributed by atoms with Crippen LogP contribution in [0.15, 0.2) is 60.7 Å². The summed E-state index contributed by atoms with van der Waals surface area (Å²) in [6.45, 7) is 20.8. The maximum absolute atomic E-state index is 2.48. The Morgan fingerprint density at radius 1 is 0.806 bits per heavy atom. The van der Waals surface area contributed by atoms with Gasteiger partial charge >= 0.3 is 0 Å². The molecule has 0 nitrogen and oxygen atoms in total. The maximum Gasteiger partial charge on any atom is -0.00817 e. The Bertz CT molecular complexity index is 1570. The van der Waals surface area contributed by atoms with Crippen molar-refractivity contribution >= 4 is 22.8 Å². The average molecular weight is 473 g/mol. The molecule has 36 heavy (non-hydrogen) atoms. The van der Waals surface area contributed by atoms with E-state index in [1.54, 1.807) is 0 Å². The van der Waals surface area contributed by atoms with E-state index in [-0.39, 0.29) is 10.8 Å². The van der Waals surface area contributed by atoms with Gasteiger partial charge in [-0.2, -0.15) is 0 Å². The van der Waals surface area contributed by atoms with Crippen molar-refractivity contribution < 1.29 is 0 Å². The Morgan fingerprint density at radius 3 is 2.19 bits per heavy atom. The molecule has 0 bridgehead atoms. The van der Waals surface area contributed by atoms with Gasteiger partial charge in [-0.3, -0.25) is 0 Å². The van der Waals surface area contributed by atoms with Crippen molar-refractivity contribution in [2.24, 2.45) is 0 Å². The fourth-order valence-electron chi connectivity index (χ4n) is 5.93. The van der Waals surface area contributed by atoms with Crippen molar-refractivity contribution in [2.75, 3.05) is 0 Å². The number of allylic oxidation sites excluding steroid dienone is 4. The summed E-state index contributed by atoms with van der Waals surface area (Å²) in [6.07, 6.45) is 8.14. The highest BCUT2D eigenvalue weighted by Crippen LogP contribution is 2.40. The van der Waals surface area contributed by atoms with E-state index in [9.17, 15) is 0 Å². The third-order valence-corrected chi connectivity index (χ3v) is 7.73. The van der Waals surface area contributed by atoms with Gasteiger partial charge in [0.1, 0.15) is 0 Å². The molecule has 5 rings (SSSR count). The van der Waals surface area contributed by atoms with Gasteiger partial charge in [0, 0.05) is 0 Å². The lowest BCUT2D eigenvalue weighted by atomic mass is 9.76. The van der Waals surface area contributed by atoms with Crippen LogP contribution in [-0.2, 0) is 10.8 Å². The molecule has 0 heteroatoms. The number of aryl methyl sites for hydroxylation is 1. The number of fused-ring (bicyclic) bond motifs is 3. The summed E-state index contributed by atoms with van der Waals surface area (Å²) in [6, 6.07) is 18.6. The van der Waals surface area contributed by atoms with Gasteiger partial charge in [-0.25, -0.2) is 0 Å². The topological polar surface area (TPSA) is 0 Å². The highest BCUT2D eigenvalue weighted by Gasteiger charge is 2.29. The highest BCUT2D eigenvalue weighted by atomic mass is 14.3. The first-order valence-electron chi connectivity index (χ1n) is 13.3. The molecule has 0 amide bonds. The van der Waals surface area contributed by atoms with Crippen LogP contribution in [0.2, 0.25) is 0 Å². The summed E-state index contributed by atoms with van der Waals surface area (Å²) in [5.41, 5.74) is 15.4. The maximum atomic E-state index is 2.48. The Hall–Kier alpha value is -3.12. The van der Waals surface area contributed by atoms with Gasteiger partial charge in [-0.15, -0.1) is 0 Å². The summed E-state index contributed by atoms with van der Waals surface area (Å²) in [5.74, 6) is 0. The van der Waals surface area contributed by atoms with Crippen LogP contribution in [0.4, 0.5) is 0 Å². The quantitative estimate of drug-likeness (QED) is 0.274. The Morgan fingerprint density at radius 2 is 1.56 bits per heavy atom. The fourth-order valence-corrected chi connectivity index (χ4v) is 5.93. The minimum Gasteiger partial charge on any atom is -0.0795 e. The molecule has 3 aromatic carbocycles. The molecule has 0 saturated heterocycles.